The molecular formula is C40H74N2O4. The van der Waals surface area contributed by atoms with Gasteiger partial charge in [0.05, 0.1) is 13.2 Å². The van der Waals surface area contributed by atoms with Crippen molar-refractivity contribution in [3.05, 3.63) is 24.3 Å². The van der Waals surface area contributed by atoms with Crippen molar-refractivity contribution in [2.75, 3.05) is 26.3 Å². The second kappa shape index (κ2) is 32.9. The average Bonchev–Trinajstić information content (AvgIpc) is 3.07. The van der Waals surface area contributed by atoms with Gasteiger partial charge >= 0.3 is 12.2 Å². The summed E-state index contributed by atoms with van der Waals surface area (Å²) in [7, 11) is 0. The SMILES string of the molecule is CCCCCCCC/C=C/CCCCCOC(=O)NCC1CCCC(CNC(=O)OCCCCC/C=C/CCCCCCCC)C1. The Morgan fingerprint density at radius 3 is 1.26 bits per heavy atom. The summed E-state index contributed by atoms with van der Waals surface area (Å²) < 4.78 is 10.8. The zero-order valence-corrected chi connectivity index (χ0v) is 30.3. The van der Waals surface area contributed by atoms with E-state index in [-0.39, 0.29) is 12.2 Å². The van der Waals surface area contributed by atoms with E-state index in [0.717, 1.165) is 77.0 Å². The Morgan fingerprint density at radius 2 is 0.870 bits per heavy atom. The van der Waals surface area contributed by atoms with Gasteiger partial charge in [-0.05, 0) is 108 Å². The van der Waals surface area contributed by atoms with Crippen LogP contribution in [-0.4, -0.2) is 38.5 Å². The highest BCUT2D eigenvalue weighted by Crippen LogP contribution is 2.28. The van der Waals surface area contributed by atoms with Gasteiger partial charge in [0.25, 0.3) is 0 Å². The normalized spacial score (nSPS) is 16.7. The molecular weight excluding hydrogens is 572 g/mol. The Kier molecular flexibility index (Phi) is 30.1. The third-order valence-corrected chi connectivity index (χ3v) is 9.24. The summed E-state index contributed by atoms with van der Waals surface area (Å²) in [5, 5.41) is 5.93. The number of unbranched alkanes of at least 4 members (excludes halogenated alkanes) is 18. The van der Waals surface area contributed by atoms with Crippen LogP contribution in [0.25, 0.3) is 0 Å². The van der Waals surface area contributed by atoms with E-state index in [1.165, 1.54) is 89.9 Å². The van der Waals surface area contributed by atoms with Crippen molar-refractivity contribution in [2.24, 2.45) is 11.8 Å². The molecule has 1 aliphatic carbocycles. The van der Waals surface area contributed by atoms with Gasteiger partial charge in [0.15, 0.2) is 0 Å². The highest BCUT2D eigenvalue weighted by Gasteiger charge is 2.23. The van der Waals surface area contributed by atoms with E-state index in [1.54, 1.807) is 0 Å². The molecule has 1 rings (SSSR count). The molecule has 2 amide bonds. The molecule has 0 heterocycles. The van der Waals surface area contributed by atoms with Crippen LogP contribution in [0.1, 0.15) is 181 Å². The lowest BCUT2D eigenvalue weighted by Crippen LogP contribution is -2.36. The molecule has 6 heteroatoms. The third kappa shape index (κ3) is 28.3. The van der Waals surface area contributed by atoms with Crippen molar-refractivity contribution in [1.82, 2.24) is 10.6 Å². The van der Waals surface area contributed by atoms with Crippen molar-refractivity contribution in [1.29, 1.82) is 0 Å². The van der Waals surface area contributed by atoms with Crippen LogP contribution in [0, 0.1) is 11.8 Å². The second-order valence-corrected chi connectivity index (χ2v) is 13.7. The highest BCUT2D eigenvalue weighted by molar-refractivity contribution is 5.67. The van der Waals surface area contributed by atoms with Crippen molar-refractivity contribution in [3.63, 3.8) is 0 Å². The Labute approximate surface area is 284 Å². The lowest BCUT2D eigenvalue weighted by molar-refractivity contribution is 0.136. The number of amides is 2. The fraction of sp³-hybridized carbons (Fsp3) is 0.850. The number of nitrogens with one attached hydrogen (secondary N) is 2. The number of allylic oxidation sites excluding steroid dienone is 4. The minimum atomic E-state index is -0.299. The first-order chi connectivity index (χ1) is 22.7. The summed E-state index contributed by atoms with van der Waals surface area (Å²) in [5.74, 6) is 0.874. The number of carbonyl (C=O) groups excluding carboxylic acids is 2. The van der Waals surface area contributed by atoms with Crippen molar-refractivity contribution >= 4 is 12.2 Å². The van der Waals surface area contributed by atoms with Crippen molar-refractivity contribution in [2.45, 2.75) is 181 Å². The van der Waals surface area contributed by atoms with Crippen molar-refractivity contribution in [3.8, 4) is 0 Å². The van der Waals surface area contributed by atoms with Gasteiger partial charge < -0.3 is 20.1 Å². The summed E-state index contributed by atoms with van der Waals surface area (Å²) in [5.41, 5.74) is 0. The predicted molar refractivity (Wildman–Crippen MR) is 195 cm³/mol. The molecule has 0 aromatic heterocycles. The molecule has 46 heavy (non-hydrogen) atoms. The lowest BCUT2D eigenvalue weighted by atomic mass is 9.81. The number of ether oxygens (including phenoxy) is 2. The maximum Gasteiger partial charge on any atom is 0.407 e. The second-order valence-electron chi connectivity index (χ2n) is 13.7. The quantitative estimate of drug-likeness (QED) is 0.0601. The Morgan fingerprint density at radius 1 is 0.522 bits per heavy atom. The number of alkyl carbamates (subject to hydrolysis) is 2. The molecule has 268 valence electrons. The molecule has 0 aromatic carbocycles. The number of hydrogen-bond acceptors (Lipinski definition) is 4. The van der Waals surface area contributed by atoms with Gasteiger partial charge in [0, 0.05) is 13.1 Å². The minimum Gasteiger partial charge on any atom is -0.450 e. The Hall–Kier alpha value is -1.98. The summed E-state index contributed by atoms with van der Waals surface area (Å²) in [6.45, 7) is 6.80. The zero-order chi connectivity index (χ0) is 33.2. The van der Waals surface area contributed by atoms with Crippen LogP contribution in [0.4, 0.5) is 9.59 Å². The van der Waals surface area contributed by atoms with Crippen LogP contribution in [0.2, 0.25) is 0 Å². The van der Waals surface area contributed by atoms with E-state index < -0.39 is 0 Å². The molecule has 1 fully saturated rings. The standard InChI is InChI=1S/C40H74N2O4/c1-3-5-7-9-11-13-15-17-19-21-23-25-27-32-45-39(43)41-35-37-30-29-31-38(34-37)36-42-40(44)46-33-28-26-24-22-20-18-16-14-12-10-8-6-4-2/h17-20,37-38H,3-16,21-36H2,1-2H3,(H,41,43)(H,42,44)/b19-17+,20-18+. The van der Waals surface area contributed by atoms with Gasteiger partial charge in [0.1, 0.15) is 0 Å². The van der Waals surface area contributed by atoms with E-state index in [0.29, 0.717) is 38.1 Å². The van der Waals surface area contributed by atoms with Gasteiger partial charge in [-0.1, -0.05) is 109 Å². The van der Waals surface area contributed by atoms with Crippen LogP contribution in [0.15, 0.2) is 24.3 Å². The molecule has 2 atom stereocenters. The van der Waals surface area contributed by atoms with Gasteiger partial charge in [0.2, 0.25) is 0 Å². The van der Waals surface area contributed by atoms with Crippen molar-refractivity contribution < 1.29 is 19.1 Å². The van der Waals surface area contributed by atoms with Crippen LogP contribution in [0.3, 0.4) is 0 Å². The van der Waals surface area contributed by atoms with E-state index in [4.69, 9.17) is 9.47 Å². The van der Waals surface area contributed by atoms with Crippen LogP contribution in [0.5, 0.6) is 0 Å². The zero-order valence-electron chi connectivity index (χ0n) is 30.3. The molecule has 0 saturated heterocycles. The molecule has 6 nitrogen and oxygen atoms in total. The van der Waals surface area contributed by atoms with Gasteiger partial charge in [-0.25, -0.2) is 9.59 Å². The van der Waals surface area contributed by atoms with E-state index in [1.807, 2.05) is 0 Å². The third-order valence-electron chi connectivity index (χ3n) is 9.24. The molecule has 0 spiro atoms. The molecule has 1 aliphatic rings. The smallest absolute Gasteiger partial charge is 0.407 e. The monoisotopic (exact) mass is 647 g/mol. The minimum absolute atomic E-state index is 0.299. The Balaban J connectivity index is 1.94. The molecule has 2 N–H and O–H groups in total. The molecule has 2 unspecified atom stereocenters. The van der Waals surface area contributed by atoms with E-state index in [2.05, 4.69) is 48.8 Å². The molecule has 1 saturated carbocycles. The summed E-state index contributed by atoms with van der Waals surface area (Å²) in [4.78, 5) is 24.3. The van der Waals surface area contributed by atoms with E-state index in [9.17, 15) is 9.59 Å². The van der Waals surface area contributed by atoms with E-state index >= 15 is 0 Å². The first-order valence-electron chi connectivity index (χ1n) is 19.8. The first kappa shape index (κ1) is 42.0. The van der Waals surface area contributed by atoms with Crippen LogP contribution < -0.4 is 10.6 Å². The number of hydrogen-bond donors (Lipinski definition) is 2. The average molecular weight is 647 g/mol. The number of rotatable bonds is 30. The molecule has 0 radical (unpaired) electrons. The van der Waals surface area contributed by atoms with Gasteiger partial charge in [-0.3, -0.25) is 0 Å². The highest BCUT2D eigenvalue weighted by atomic mass is 16.6. The summed E-state index contributed by atoms with van der Waals surface area (Å²) in [6, 6.07) is 0. The first-order valence-corrected chi connectivity index (χ1v) is 19.8. The maximum atomic E-state index is 12.2. The topological polar surface area (TPSA) is 76.7 Å². The van der Waals surface area contributed by atoms with Gasteiger partial charge in [-0.15, -0.1) is 0 Å². The van der Waals surface area contributed by atoms with Gasteiger partial charge in [-0.2, -0.15) is 0 Å². The predicted octanol–water partition coefficient (Wildman–Crippen LogP) is 12.0. The molecule has 0 bridgehead atoms. The fourth-order valence-electron chi connectivity index (χ4n) is 6.30. The summed E-state index contributed by atoms with van der Waals surface area (Å²) in [6.07, 6.45) is 40.3. The number of carbonyl (C=O) groups is 2. The van der Waals surface area contributed by atoms with Crippen LogP contribution in [-0.2, 0) is 9.47 Å². The lowest BCUT2D eigenvalue weighted by Gasteiger charge is -2.29. The van der Waals surface area contributed by atoms with Crippen LogP contribution >= 0.6 is 0 Å². The fourth-order valence-corrected chi connectivity index (χ4v) is 6.30. The molecule has 0 aromatic rings. The largest absolute Gasteiger partial charge is 0.450 e. The molecule has 0 aliphatic heterocycles. The Bertz CT molecular complexity index is 694. The maximum absolute atomic E-state index is 12.2. The summed E-state index contributed by atoms with van der Waals surface area (Å²) >= 11 is 0.